The van der Waals surface area contributed by atoms with Gasteiger partial charge in [-0.1, -0.05) is 11.6 Å². The number of anilines is 1. The number of guanidine groups is 1. The van der Waals surface area contributed by atoms with E-state index in [4.69, 9.17) is 4.99 Å². The molecule has 7 nitrogen and oxygen atoms in total. The number of aliphatic imine (C=N–C) groups is 1. The fourth-order valence-electron chi connectivity index (χ4n) is 3.37. The number of aromatic nitrogens is 2. The van der Waals surface area contributed by atoms with Gasteiger partial charge in [-0.2, -0.15) is 5.10 Å². The SMILES string of the molecule is CCNC(=NCCC1=CCCC1)N1CCN(c2cnn(C)c2)C(=O)C1.I. The molecule has 0 bridgehead atoms. The summed E-state index contributed by atoms with van der Waals surface area (Å²) in [5.41, 5.74) is 2.39. The zero-order valence-electron chi connectivity index (χ0n) is 15.6. The normalized spacial score (nSPS) is 18.0. The topological polar surface area (TPSA) is 65.8 Å². The van der Waals surface area contributed by atoms with Gasteiger partial charge in [0.05, 0.1) is 11.9 Å². The molecular weight excluding hydrogens is 443 g/mol. The third-order valence-corrected chi connectivity index (χ3v) is 4.69. The summed E-state index contributed by atoms with van der Waals surface area (Å²) in [6.07, 6.45) is 10.7. The Morgan fingerprint density at radius 3 is 2.85 bits per heavy atom. The molecule has 1 saturated heterocycles. The lowest BCUT2D eigenvalue weighted by atomic mass is 10.2. The number of rotatable bonds is 5. The Morgan fingerprint density at radius 1 is 1.38 bits per heavy atom. The lowest BCUT2D eigenvalue weighted by Crippen LogP contribution is -2.55. The fourth-order valence-corrected chi connectivity index (χ4v) is 3.37. The Labute approximate surface area is 172 Å². The van der Waals surface area contributed by atoms with E-state index < -0.39 is 0 Å². The molecule has 1 fully saturated rings. The van der Waals surface area contributed by atoms with Gasteiger partial charge < -0.3 is 15.1 Å². The van der Waals surface area contributed by atoms with Crippen molar-refractivity contribution in [2.24, 2.45) is 12.0 Å². The molecule has 144 valence electrons. The summed E-state index contributed by atoms with van der Waals surface area (Å²) >= 11 is 0. The summed E-state index contributed by atoms with van der Waals surface area (Å²) < 4.78 is 1.72. The highest BCUT2D eigenvalue weighted by molar-refractivity contribution is 14.0. The number of carbonyl (C=O) groups is 1. The van der Waals surface area contributed by atoms with Crippen LogP contribution >= 0.6 is 24.0 Å². The van der Waals surface area contributed by atoms with Crippen molar-refractivity contribution < 1.29 is 4.79 Å². The third-order valence-electron chi connectivity index (χ3n) is 4.69. The molecule has 3 rings (SSSR count). The molecule has 2 aliphatic rings. The molecule has 1 aliphatic heterocycles. The Morgan fingerprint density at radius 2 is 2.23 bits per heavy atom. The molecule has 1 aromatic rings. The molecule has 1 aliphatic carbocycles. The number of carbonyl (C=O) groups excluding carboxylic acids is 1. The van der Waals surface area contributed by atoms with Crippen molar-refractivity contribution in [2.75, 3.05) is 37.6 Å². The maximum absolute atomic E-state index is 12.6. The zero-order valence-corrected chi connectivity index (χ0v) is 18.0. The van der Waals surface area contributed by atoms with Crippen molar-refractivity contribution in [1.29, 1.82) is 0 Å². The number of hydrogen-bond donors (Lipinski definition) is 1. The van der Waals surface area contributed by atoms with Gasteiger partial charge in [0.1, 0.15) is 6.54 Å². The molecule has 2 heterocycles. The number of amides is 1. The average molecular weight is 472 g/mol. The first kappa shape index (κ1) is 20.7. The van der Waals surface area contributed by atoms with Gasteiger partial charge in [-0.3, -0.25) is 14.5 Å². The van der Waals surface area contributed by atoms with Crippen molar-refractivity contribution in [2.45, 2.75) is 32.6 Å². The molecule has 0 saturated carbocycles. The minimum atomic E-state index is 0. The van der Waals surface area contributed by atoms with Crippen molar-refractivity contribution in [3.05, 3.63) is 24.0 Å². The summed E-state index contributed by atoms with van der Waals surface area (Å²) in [5, 5.41) is 7.48. The van der Waals surface area contributed by atoms with Crippen LogP contribution in [0.3, 0.4) is 0 Å². The number of hydrogen-bond acceptors (Lipinski definition) is 3. The molecule has 26 heavy (non-hydrogen) atoms. The van der Waals surface area contributed by atoms with E-state index in [1.807, 2.05) is 13.2 Å². The Bertz CT molecular complexity index is 668. The van der Waals surface area contributed by atoms with E-state index in [1.54, 1.807) is 15.8 Å². The highest BCUT2D eigenvalue weighted by atomic mass is 127. The predicted molar refractivity (Wildman–Crippen MR) is 115 cm³/mol. The molecular formula is C18H29IN6O. The van der Waals surface area contributed by atoms with E-state index >= 15 is 0 Å². The van der Waals surface area contributed by atoms with E-state index in [1.165, 1.54) is 24.8 Å². The van der Waals surface area contributed by atoms with Crippen LogP contribution in [0.25, 0.3) is 0 Å². The molecule has 0 unspecified atom stereocenters. The quantitative estimate of drug-likeness (QED) is 0.309. The standard InChI is InChI=1S/C18H28N6O.HI/c1-3-19-18(20-9-8-15-6-4-5-7-15)23-10-11-24(17(25)14-23)16-12-21-22(2)13-16;/h6,12-13H,3-5,7-11,14H2,1-2H3,(H,19,20);1H. The molecule has 0 spiro atoms. The number of aryl methyl sites for hydroxylation is 1. The second kappa shape index (κ2) is 9.94. The summed E-state index contributed by atoms with van der Waals surface area (Å²) in [6, 6.07) is 0. The van der Waals surface area contributed by atoms with Crippen LogP contribution in [0, 0.1) is 0 Å². The number of piperazine rings is 1. The smallest absolute Gasteiger partial charge is 0.246 e. The molecule has 1 amide bonds. The summed E-state index contributed by atoms with van der Waals surface area (Å²) in [7, 11) is 1.86. The van der Waals surface area contributed by atoms with Crippen molar-refractivity contribution in [3.63, 3.8) is 0 Å². The second-order valence-corrected chi connectivity index (χ2v) is 6.58. The molecule has 0 atom stereocenters. The van der Waals surface area contributed by atoms with E-state index in [0.717, 1.165) is 37.7 Å². The monoisotopic (exact) mass is 472 g/mol. The van der Waals surface area contributed by atoms with Crippen LogP contribution in [0.4, 0.5) is 5.69 Å². The zero-order chi connectivity index (χ0) is 17.6. The fraction of sp³-hybridized carbons (Fsp3) is 0.611. The van der Waals surface area contributed by atoms with Gasteiger partial charge in [0.2, 0.25) is 5.91 Å². The third kappa shape index (κ3) is 5.21. The number of nitrogens with zero attached hydrogens (tertiary/aromatic N) is 5. The Kier molecular flexibility index (Phi) is 7.92. The predicted octanol–water partition coefficient (Wildman–Crippen LogP) is 2.15. The van der Waals surface area contributed by atoms with Gasteiger partial charge >= 0.3 is 0 Å². The number of halogens is 1. The van der Waals surface area contributed by atoms with Crippen molar-refractivity contribution >= 4 is 41.5 Å². The van der Waals surface area contributed by atoms with E-state index in [2.05, 4.69) is 28.3 Å². The minimum Gasteiger partial charge on any atom is -0.357 e. The largest absolute Gasteiger partial charge is 0.357 e. The molecule has 8 heteroatoms. The molecule has 1 N–H and O–H groups in total. The van der Waals surface area contributed by atoms with Gasteiger partial charge in [-0.25, -0.2) is 0 Å². The van der Waals surface area contributed by atoms with Crippen LogP contribution in [0.5, 0.6) is 0 Å². The highest BCUT2D eigenvalue weighted by Gasteiger charge is 2.27. The van der Waals surface area contributed by atoms with Gasteiger partial charge in [0, 0.05) is 39.4 Å². The van der Waals surface area contributed by atoms with Crippen LogP contribution in [0.2, 0.25) is 0 Å². The second-order valence-electron chi connectivity index (χ2n) is 6.58. The van der Waals surface area contributed by atoms with Crippen LogP contribution in [-0.2, 0) is 11.8 Å². The molecule has 1 aromatic heterocycles. The van der Waals surface area contributed by atoms with E-state index in [9.17, 15) is 4.79 Å². The lowest BCUT2D eigenvalue weighted by Gasteiger charge is -2.35. The maximum Gasteiger partial charge on any atom is 0.246 e. The minimum absolute atomic E-state index is 0. The average Bonchev–Trinajstić information content (AvgIpc) is 3.26. The first-order valence-electron chi connectivity index (χ1n) is 9.17. The van der Waals surface area contributed by atoms with E-state index in [-0.39, 0.29) is 29.9 Å². The number of allylic oxidation sites excluding steroid dienone is 1. The van der Waals surface area contributed by atoms with Crippen LogP contribution < -0.4 is 10.2 Å². The van der Waals surface area contributed by atoms with Crippen molar-refractivity contribution in [3.8, 4) is 0 Å². The molecule has 0 aromatic carbocycles. The molecule has 0 radical (unpaired) electrons. The lowest BCUT2D eigenvalue weighted by molar-refractivity contribution is -0.120. The van der Waals surface area contributed by atoms with Crippen LogP contribution in [0.15, 0.2) is 29.0 Å². The van der Waals surface area contributed by atoms with Crippen LogP contribution in [-0.4, -0.2) is 59.3 Å². The van der Waals surface area contributed by atoms with Gasteiger partial charge in [0.15, 0.2) is 5.96 Å². The Balaban J connectivity index is 0.00000243. The maximum atomic E-state index is 12.6. The summed E-state index contributed by atoms with van der Waals surface area (Å²) in [6.45, 7) is 5.42. The van der Waals surface area contributed by atoms with E-state index in [0.29, 0.717) is 13.1 Å². The Hall–Kier alpha value is -1.58. The first-order chi connectivity index (χ1) is 12.2. The van der Waals surface area contributed by atoms with Crippen LogP contribution in [0.1, 0.15) is 32.6 Å². The first-order valence-corrected chi connectivity index (χ1v) is 9.17. The highest BCUT2D eigenvalue weighted by Crippen LogP contribution is 2.20. The summed E-state index contributed by atoms with van der Waals surface area (Å²) in [4.78, 5) is 21.2. The van der Waals surface area contributed by atoms with Crippen molar-refractivity contribution in [1.82, 2.24) is 20.0 Å². The van der Waals surface area contributed by atoms with Gasteiger partial charge in [0.25, 0.3) is 0 Å². The van der Waals surface area contributed by atoms with Gasteiger partial charge in [-0.05, 0) is 32.6 Å². The summed E-state index contributed by atoms with van der Waals surface area (Å²) in [5.74, 6) is 0.934. The van der Waals surface area contributed by atoms with Gasteiger partial charge in [-0.15, -0.1) is 24.0 Å². The number of nitrogens with one attached hydrogen (secondary N) is 1.